The first-order valence-electron chi connectivity index (χ1n) is 7.05. The topological polar surface area (TPSA) is 39.9 Å². The monoisotopic (exact) mass is 295 g/mol. The van der Waals surface area contributed by atoms with E-state index in [1.807, 2.05) is 26.1 Å². The largest absolute Gasteiger partial charge is 0.380 e. The lowest BCUT2D eigenvalue weighted by atomic mass is 10.0. The Bertz CT molecular complexity index is 580. The molecule has 0 spiro atoms. The van der Waals surface area contributed by atoms with Crippen LogP contribution in [0.5, 0.6) is 0 Å². The van der Waals surface area contributed by atoms with Crippen molar-refractivity contribution in [3.63, 3.8) is 0 Å². The molecule has 0 aliphatic carbocycles. The highest BCUT2D eigenvalue weighted by Gasteiger charge is 2.22. The molecule has 0 fully saturated rings. The van der Waals surface area contributed by atoms with Gasteiger partial charge in [0, 0.05) is 12.8 Å². The molecule has 20 heavy (non-hydrogen) atoms. The van der Waals surface area contributed by atoms with Crippen molar-refractivity contribution in [1.82, 2.24) is 14.5 Å². The molecule has 0 amide bonds. The van der Waals surface area contributed by atoms with Crippen molar-refractivity contribution < 1.29 is 4.74 Å². The number of rotatable bonds is 6. The van der Waals surface area contributed by atoms with Gasteiger partial charge >= 0.3 is 0 Å². The van der Waals surface area contributed by atoms with E-state index in [1.165, 1.54) is 0 Å². The smallest absolute Gasteiger partial charge is 0.160 e. The molecule has 0 radical (unpaired) electrons. The van der Waals surface area contributed by atoms with Crippen molar-refractivity contribution >= 4 is 22.8 Å². The van der Waals surface area contributed by atoms with Crippen LogP contribution < -0.4 is 0 Å². The third kappa shape index (κ3) is 2.96. The van der Waals surface area contributed by atoms with Crippen molar-refractivity contribution in [1.29, 1.82) is 0 Å². The van der Waals surface area contributed by atoms with E-state index < -0.39 is 0 Å². The molecule has 0 bridgehead atoms. The third-order valence-corrected chi connectivity index (χ3v) is 3.69. The maximum Gasteiger partial charge on any atom is 0.160 e. The Morgan fingerprint density at radius 3 is 2.75 bits per heavy atom. The van der Waals surface area contributed by atoms with Gasteiger partial charge in [-0.05, 0) is 31.4 Å². The maximum absolute atomic E-state index is 6.07. The summed E-state index contributed by atoms with van der Waals surface area (Å²) in [5.41, 5.74) is 2.90. The molecule has 0 aliphatic heterocycles. The highest BCUT2D eigenvalue weighted by molar-refractivity contribution is 6.16. The van der Waals surface area contributed by atoms with Gasteiger partial charge < -0.3 is 9.30 Å². The number of hydrogen-bond donors (Lipinski definition) is 0. The molecule has 4 nitrogen and oxygen atoms in total. The van der Waals surface area contributed by atoms with E-state index in [4.69, 9.17) is 16.3 Å². The minimum atomic E-state index is 0.198. The van der Waals surface area contributed by atoms with E-state index >= 15 is 0 Å². The fraction of sp³-hybridized carbons (Fsp3) is 0.600. The van der Waals surface area contributed by atoms with E-state index in [9.17, 15) is 0 Å². The Balaban J connectivity index is 2.54. The average Bonchev–Trinajstić information content (AvgIpc) is 2.76. The van der Waals surface area contributed by atoms with Crippen molar-refractivity contribution in [3.05, 3.63) is 23.7 Å². The summed E-state index contributed by atoms with van der Waals surface area (Å²) in [6, 6.07) is 2.25. The normalized spacial score (nSPS) is 13.3. The van der Waals surface area contributed by atoms with Crippen LogP contribution >= 0.6 is 11.6 Å². The quantitative estimate of drug-likeness (QED) is 0.763. The number of aromatic nitrogens is 3. The molecule has 110 valence electrons. The highest BCUT2D eigenvalue weighted by atomic mass is 35.5. The van der Waals surface area contributed by atoms with E-state index in [0.29, 0.717) is 25.0 Å². The van der Waals surface area contributed by atoms with Crippen LogP contribution in [-0.4, -0.2) is 27.7 Å². The summed E-state index contributed by atoms with van der Waals surface area (Å²) >= 11 is 6.07. The zero-order valence-electron chi connectivity index (χ0n) is 12.6. The number of halogens is 1. The molecule has 1 atom stereocenters. The van der Waals surface area contributed by atoms with Gasteiger partial charge in [-0.3, -0.25) is 0 Å². The van der Waals surface area contributed by atoms with Gasteiger partial charge in [0.1, 0.15) is 11.3 Å². The second-order valence-corrected chi connectivity index (χ2v) is 5.63. The van der Waals surface area contributed by atoms with Crippen molar-refractivity contribution in [3.8, 4) is 0 Å². The number of aryl methyl sites for hydroxylation is 1. The number of nitrogens with zero attached hydrogens (tertiary/aromatic N) is 3. The third-order valence-electron chi connectivity index (χ3n) is 3.45. The Kier molecular flexibility index (Phi) is 5.00. The van der Waals surface area contributed by atoms with Gasteiger partial charge in [0.25, 0.3) is 0 Å². The first kappa shape index (κ1) is 15.3. The van der Waals surface area contributed by atoms with Crippen molar-refractivity contribution in [2.24, 2.45) is 5.92 Å². The lowest BCUT2D eigenvalue weighted by Crippen LogP contribution is -2.23. The number of ether oxygens (including phenoxy) is 1. The fourth-order valence-electron chi connectivity index (χ4n) is 2.38. The first-order chi connectivity index (χ1) is 9.58. The zero-order chi connectivity index (χ0) is 14.7. The number of hydrogen-bond acceptors (Lipinski definition) is 3. The molecule has 0 N–H and O–H groups in total. The zero-order valence-corrected chi connectivity index (χ0v) is 13.3. The number of alkyl halides is 1. The number of pyridine rings is 1. The van der Waals surface area contributed by atoms with Crippen LogP contribution in [0.25, 0.3) is 11.2 Å². The summed E-state index contributed by atoms with van der Waals surface area (Å²) < 4.78 is 7.77. The summed E-state index contributed by atoms with van der Waals surface area (Å²) in [5.74, 6) is 1.66. The molecular formula is C15H22ClN3O. The number of fused-ring (bicyclic) bond motifs is 1. The summed E-state index contributed by atoms with van der Waals surface area (Å²) in [7, 11) is 0. The Morgan fingerprint density at radius 2 is 2.15 bits per heavy atom. The van der Waals surface area contributed by atoms with Gasteiger partial charge in [-0.1, -0.05) is 13.8 Å². The van der Waals surface area contributed by atoms with Crippen LogP contribution in [0.3, 0.4) is 0 Å². The Morgan fingerprint density at radius 1 is 1.40 bits per heavy atom. The second-order valence-electron chi connectivity index (χ2n) is 5.36. The van der Waals surface area contributed by atoms with E-state index in [0.717, 1.165) is 22.6 Å². The fourth-order valence-corrected chi connectivity index (χ4v) is 2.56. The van der Waals surface area contributed by atoms with Crippen molar-refractivity contribution in [2.45, 2.75) is 39.6 Å². The predicted octanol–water partition coefficient (Wildman–Crippen LogP) is 3.71. The second kappa shape index (κ2) is 6.55. The molecule has 2 rings (SSSR count). The van der Waals surface area contributed by atoms with Crippen LogP contribution in [0.2, 0.25) is 0 Å². The van der Waals surface area contributed by atoms with Crippen LogP contribution in [-0.2, 0) is 10.6 Å². The molecule has 5 heteroatoms. The summed E-state index contributed by atoms with van der Waals surface area (Å²) in [5, 5.41) is 0. The molecule has 2 aromatic heterocycles. The van der Waals surface area contributed by atoms with Gasteiger partial charge in [-0.25, -0.2) is 9.97 Å². The van der Waals surface area contributed by atoms with Gasteiger partial charge in [-0.2, -0.15) is 0 Å². The van der Waals surface area contributed by atoms with E-state index in [2.05, 4.69) is 28.4 Å². The molecular weight excluding hydrogens is 274 g/mol. The van der Waals surface area contributed by atoms with Crippen LogP contribution in [0.4, 0.5) is 0 Å². The average molecular weight is 296 g/mol. The lowest BCUT2D eigenvalue weighted by molar-refractivity contribution is 0.0968. The van der Waals surface area contributed by atoms with Gasteiger partial charge in [-0.15, -0.1) is 11.6 Å². The molecule has 0 aromatic carbocycles. The SMILES string of the molecule is CCOCC(C(C)C)n1c(CCl)nc2cc(C)cnc21. The molecule has 2 heterocycles. The highest BCUT2D eigenvalue weighted by Crippen LogP contribution is 2.26. The van der Waals surface area contributed by atoms with Crippen molar-refractivity contribution in [2.75, 3.05) is 13.2 Å². The van der Waals surface area contributed by atoms with E-state index in [-0.39, 0.29) is 6.04 Å². The summed E-state index contributed by atoms with van der Waals surface area (Å²) in [4.78, 5) is 9.16. The van der Waals surface area contributed by atoms with Gasteiger partial charge in [0.05, 0.1) is 18.5 Å². The minimum Gasteiger partial charge on any atom is -0.380 e. The first-order valence-corrected chi connectivity index (χ1v) is 7.59. The minimum absolute atomic E-state index is 0.198. The lowest BCUT2D eigenvalue weighted by Gasteiger charge is -2.24. The molecule has 0 saturated carbocycles. The summed E-state index contributed by atoms with van der Waals surface area (Å²) in [6.07, 6.45) is 1.87. The predicted molar refractivity (Wildman–Crippen MR) is 82.2 cm³/mol. The van der Waals surface area contributed by atoms with Gasteiger partial charge in [0.15, 0.2) is 5.65 Å². The van der Waals surface area contributed by atoms with Crippen LogP contribution in [0, 0.1) is 12.8 Å². The Labute approximate surface area is 125 Å². The van der Waals surface area contributed by atoms with E-state index in [1.54, 1.807) is 0 Å². The summed E-state index contributed by atoms with van der Waals surface area (Å²) in [6.45, 7) is 9.75. The maximum atomic E-state index is 6.07. The Hall–Kier alpha value is -1.13. The van der Waals surface area contributed by atoms with Gasteiger partial charge in [0.2, 0.25) is 0 Å². The number of imidazole rings is 1. The van der Waals surface area contributed by atoms with Crippen LogP contribution in [0.1, 0.15) is 38.2 Å². The molecule has 0 saturated heterocycles. The molecule has 2 aromatic rings. The molecule has 1 unspecified atom stereocenters. The van der Waals surface area contributed by atoms with Crippen LogP contribution in [0.15, 0.2) is 12.3 Å². The standard InChI is InChI=1S/C15H22ClN3O/c1-5-20-9-13(10(2)3)19-14(7-16)18-12-6-11(4)8-17-15(12)19/h6,8,10,13H,5,7,9H2,1-4H3. The molecule has 0 aliphatic rings.